The van der Waals surface area contributed by atoms with Gasteiger partial charge in [-0.1, -0.05) is 19.1 Å². The fourth-order valence-electron chi connectivity index (χ4n) is 1.92. The number of nitrogens with one attached hydrogen (secondary N) is 1. The van der Waals surface area contributed by atoms with Crippen molar-refractivity contribution >= 4 is 15.7 Å². The molecule has 0 amide bonds. The quantitative estimate of drug-likeness (QED) is 0.425. The van der Waals surface area contributed by atoms with Crippen molar-refractivity contribution in [2.45, 2.75) is 31.1 Å². The summed E-state index contributed by atoms with van der Waals surface area (Å²) in [5, 5.41) is 11.2. The summed E-state index contributed by atoms with van der Waals surface area (Å²) in [5.74, 6) is 0. The van der Waals surface area contributed by atoms with Gasteiger partial charge in [-0.2, -0.15) is 0 Å². The van der Waals surface area contributed by atoms with Crippen molar-refractivity contribution < 1.29 is 13.3 Å². The number of hydrogen-bond acceptors (Lipinski definition) is 5. The van der Waals surface area contributed by atoms with Crippen LogP contribution in [0, 0.1) is 10.1 Å². The summed E-state index contributed by atoms with van der Waals surface area (Å²) >= 11 is 0. The maximum atomic E-state index is 12.0. The first-order chi connectivity index (χ1) is 9.44. The molecule has 0 radical (unpaired) electrons. The SMILES string of the molecule is CCNS(=O)(=O)c1cccc(CCCCN)c1[N+](=O)[O-]. The average molecular weight is 301 g/mol. The highest BCUT2D eigenvalue weighted by molar-refractivity contribution is 7.89. The molecule has 0 saturated heterocycles. The number of hydrogen-bond donors (Lipinski definition) is 2. The van der Waals surface area contributed by atoms with Crippen molar-refractivity contribution in [2.75, 3.05) is 13.1 Å². The molecule has 0 aromatic heterocycles. The second-order valence-electron chi connectivity index (χ2n) is 4.27. The van der Waals surface area contributed by atoms with Gasteiger partial charge in [-0.05, 0) is 31.9 Å². The Kier molecular flexibility index (Phi) is 6.05. The first kappa shape index (κ1) is 16.5. The van der Waals surface area contributed by atoms with Crippen molar-refractivity contribution in [3.05, 3.63) is 33.9 Å². The zero-order valence-corrected chi connectivity index (χ0v) is 12.1. The van der Waals surface area contributed by atoms with Crippen LogP contribution in [0.2, 0.25) is 0 Å². The van der Waals surface area contributed by atoms with E-state index < -0.39 is 14.9 Å². The van der Waals surface area contributed by atoms with Gasteiger partial charge >= 0.3 is 0 Å². The van der Waals surface area contributed by atoms with Gasteiger partial charge in [-0.3, -0.25) is 10.1 Å². The van der Waals surface area contributed by atoms with Crippen molar-refractivity contribution in [3.63, 3.8) is 0 Å². The highest BCUT2D eigenvalue weighted by Gasteiger charge is 2.27. The number of para-hydroxylation sites is 1. The molecule has 0 aliphatic heterocycles. The van der Waals surface area contributed by atoms with Crippen molar-refractivity contribution in [1.82, 2.24) is 4.72 Å². The second-order valence-corrected chi connectivity index (χ2v) is 6.00. The van der Waals surface area contributed by atoms with Gasteiger partial charge in [0.05, 0.1) is 4.92 Å². The van der Waals surface area contributed by atoms with E-state index in [4.69, 9.17) is 5.73 Å². The molecule has 0 fully saturated rings. The van der Waals surface area contributed by atoms with Crippen LogP contribution in [0.4, 0.5) is 5.69 Å². The summed E-state index contributed by atoms with van der Waals surface area (Å²) in [6, 6.07) is 4.36. The van der Waals surface area contributed by atoms with E-state index in [0.717, 1.165) is 6.42 Å². The molecule has 7 nitrogen and oxygen atoms in total. The molecular formula is C12H19N3O4S. The lowest BCUT2D eigenvalue weighted by molar-refractivity contribution is -0.388. The summed E-state index contributed by atoms with van der Waals surface area (Å²) < 4.78 is 26.3. The van der Waals surface area contributed by atoms with Crippen LogP contribution in [0.1, 0.15) is 25.3 Å². The molecule has 8 heteroatoms. The minimum Gasteiger partial charge on any atom is -0.330 e. The number of benzene rings is 1. The fourth-order valence-corrected chi connectivity index (χ4v) is 3.17. The number of unbranched alkanes of at least 4 members (excludes halogenated alkanes) is 1. The fraction of sp³-hybridized carbons (Fsp3) is 0.500. The Hall–Kier alpha value is -1.51. The van der Waals surface area contributed by atoms with E-state index in [-0.39, 0.29) is 17.1 Å². The minimum absolute atomic E-state index is 0.177. The van der Waals surface area contributed by atoms with Gasteiger partial charge in [0.1, 0.15) is 0 Å². The molecule has 1 aromatic rings. The van der Waals surface area contributed by atoms with Gasteiger partial charge in [0.15, 0.2) is 4.90 Å². The molecular weight excluding hydrogens is 282 g/mol. The third-order valence-electron chi connectivity index (χ3n) is 2.79. The zero-order valence-electron chi connectivity index (χ0n) is 11.3. The smallest absolute Gasteiger partial charge is 0.292 e. The van der Waals surface area contributed by atoms with E-state index in [1.165, 1.54) is 12.1 Å². The van der Waals surface area contributed by atoms with Gasteiger partial charge in [0, 0.05) is 12.1 Å². The minimum atomic E-state index is -3.86. The Labute approximate surface area is 118 Å². The Morgan fingerprint density at radius 3 is 2.60 bits per heavy atom. The average Bonchev–Trinajstić information content (AvgIpc) is 2.38. The maximum Gasteiger partial charge on any atom is 0.292 e. The normalized spacial score (nSPS) is 11.5. The van der Waals surface area contributed by atoms with Gasteiger partial charge in [0.25, 0.3) is 5.69 Å². The third-order valence-corrected chi connectivity index (χ3v) is 4.37. The molecule has 1 aromatic carbocycles. The van der Waals surface area contributed by atoms with E-state index in [9.17, 15) is 18.5 Å². The molecule has 0 aliphatic carbocycles. The number of rotatable bonds is 8. The van der Waals surface area contributed by atoms with E-state index in [1.54, 1.807) is 13.0 Å². The highest BCUT2D eigenvalue weighted by atomic mass is 32.2. The Bertz CT molecular complexity index is 572. The second kappa shape index (κ2) is 7.32. The number of sulfonamides is 1. The van der Waals surface area contributed by atoms with Crippen LogP contribution in [-0.4, -0.2) is 26.4 Å². The Morgan fingerprint density at radius 1 is 1.35 bits per heavy atom. The molecule has 0 atom stereocenters. The van der Waals surface area contributed by atoms with Crippen LogP contribution in [0.5, 0.6) is 0 Å². The number of nitro groups is 1. The van der Waals surface area contributed by atoms with Gasteiger partial charge < -0.3 is 5.73 Å². The number of nitrogens with zero attached hydrogens (tertiary/aromatic N) is 1. The standard InChI is InChI=1S/C12H19N3O4S/c1-2-14-20(18,19)11-8-5-7-10(6-3-4-9-13)12(11)15(16)17/h5,7-8,14H,2-4,6,9,13H2,1H3. The van der Waals surface area contributed by atoms with E-state index in [1.807, 2.05) is 0 Å². The lowest BCUT2D eigenvalue weighted by Crippen LogP contribution is -2.24. The Morgan fingerprint density at radius 2 is 2.05 bits per heavy atom. The van der Waals surface area contributed by atoms with Crippen LogP contribution < -0.4 is 10.5 Å². The molecule has 0 bridgehead atoms. The lowest BCUT2D eigenvalue weighted by Gasteiger charge is -2.09. The molecule has 0 unspecified atom stereocenters. The third kappa shape index (κ3) is 3.99. The number of nitro benzene ring substituents is 1. The summed E-state index contributed by atoms with van der Waals surface area (Å²) in [5.41, 5.74) is 5.47. The van der Waals surface area contributed by atoms with Gasteiger partial charge in [-0.25, -0.2) is 13.1 Å². The first-order valence-corrected chi connectivity index (χ1v) is 7.88. The van der Waals surface area contributed by atoms with E-state index in [2.05, 4.69) is 4.72 Å². The number of aryl methyl sites for hydroxylation is 1. The van der Waals surface area contributed by atoms with Crippen LogP contribution >= 0.6 is 0 Å². The molecule has 0 spiro atoms. The molecule has 3 N–H and O–H groups in total. The summed E-state index contributed by atoms with van der Waals surface area (Å²) in [6.45, 7) is 2.30. The van der Waals surface area contributed by atoms with Crippen LogP contribution in [0.25, 0.3) is 0 Å². The molecule has 1 rings (SSSR count). The monoisotopic (exact) mass is 301 g/mol. The zero-order chi connectivity index (χ0) is 15.2. The van der Waals surface area contributed by atoms with Gasteiger partial charge in [0.2, 0.25) is 10.0 Å². The Balaban J connectivity index is 3.25. The van der Waals surface area contributed by atoms with Crippen molar-refractivity contribution in [2.24, 2.45) is 5.73 Å². The maximum absolute atomic E-state index is 12.0. The van der Waals surface area contributed by atoms with Crippen LogP contribution in [0.15, 0.2) is 23.1 Å². The topological polar surface area (TPSA) is 115 Å². The highest BCUT2D eigenvalue weighted by Crippen LogP contribution is 2.28. The molecule has 0 saturated carbocycles. The van der Waals surface area contributed by atoms with Crippen LogP contribution in [0.3, 0.4) is 0 Å². The largest absolute Gasteiger partial charge is 0.330 e. The number of nitrogens with two attached hydrogens (primary N) is 1. The predicted molar refractivity (Wildman–Crippen MR) is 76.0 cm³/mol. The lowest BCUT2D eigenvalue weighted by atomic mass is 10.1. The summed E-state index contributed by atoms with van der Waals surface area (Å²) in [7, 11) is -3.86. The summed E-state index contributed by atoms with van der Waals surface area (Å²) in [4.78, 5) is 10.3. The molecule has 0 heterocycles. The predicted octanol–water partition coefficient (Wildman–Crippen LogP) is 1.17. The van der Waals surface area contributed by atoms with Crippen molar-refractivity contribution in [1.29, 1.82) is 0 Å². The molecule has 20 heavy (non-hydrogen) atoms. The van der Waals surface area contributed by atoms with E-state index >= 15 is 0 Å². The molecule has 112 valence electrons. The van der Waals surface area contributed by atoms with Gasteiger partial charge in [-0.15, -0.1) is 0 Å². The first-order valence-electron chi connectivity index (χ1n) is 6.40. The molecule has 0 aliphatic rings. The van der Waals surface area contributed by atoms with Crippen molar-refractivity contribution in [3.8, 4) is 0 Å². The summed E-state index contributed by atoms with van der Waals surface area (Å²) in [6.07, 6.45) is 1.85. The van der Waals surface area contributed by atoms with E-state index in [0.29, 0.717) is 24.9 Å². The van der Waals surface area contributed by atoms with Crippen LogP contribution in [-0.2, 0) is 16.4 Å².